The van der Waals surface area contributed by atoms with Crippen LogP contribution in [-0.4, -0.2) is 39.7 Å². The van der Waals surface area contributed by atoms with Crippen molar-refractivity contribution in [2.75, 3.05) is 7.11 Å². The second-order valence-corrected chi connectivity index (χ2v) is 6.11. The normalized spacial score (nSPS) is 11.1. The van der Waals surface area contributed by atoms with E-state index >= 15 is 0 Å². The van der Waals surface area contributed by atoms with Gasteiger partial charge in [-0.15, -0.1) is 0 Å². The van der Waals surface area contributed by atoms with Gasteiger partial charge in [0, 0.05) is 5.56 Å². The SMILES string of the molecule is COc1ncc(-c2cc(C(=O)OC(C)(C)C)ccc2F)nc1C(=O)O. The number of carboxylic acid groups (broad SMARTS) is 1. The second kappa shape index (κ2) is 6.84. The minimum atomic E-state index is -1.37. The number of aromatic nitrogens is 2. The van der Waals surface area contributed by atoms with Crippen LogP contribution in [0.2, 0.25) is 0 Å². The zero-order chi connectivity index (χ0) is 18.8. The molecule has 0 amide bonds. The van der Waals surface area contributed by atoms with E-state index in [1.807, 2.05) is 0 Å². The first kappa shape index (κ1) is 18.3. The van der Waals surface area contributed by atoms with Crippen LogP contribution in [0.3, 0.4) is 0 Å². The van der Waals surface area contributed by atoms with E-state index in [9.17, 15) is 14.0 Å². The fourth-order valence-electron chi connectivity index (χ4n) is 1.98. The fourth-order valence-corrected chi connectivity index (χ4v) is 1.98. The lowest BCUT2D eigenvalue weighted by Crippen LogP contribution is -2.23. The number of hydrogen-bond donors (Lipinski definition) is 1. The highest BCUT2D eigenvalue weighted by Crippen LogP contribution is 2.25. The zero-order valence-electron chi connectivity index (χ0n) is 14.2. The molecule has 1 aromatic heterocycles. The van der Waals surface area contributed by atoms with Crippen LogP contribution in [-0.2, 0) is 4.74 Å². The first-order valence-electron chi connectivity index (χ1n) is 7.30. The monoisotopic (exact) mass is 348 g/mol. The maximum atomic E-state index is 14.2. The van der Waals surface area contributed by atoms with Gasteiger partial charge in [-0.2, -0.15) is 0 Å². The van der Waals surface area contributed by atoms with Crippen molar-refractivity contribution in [2.45, 2.75) is 26.4 Å². The molecule has 0 unspecified atom stereocenters. The van der Waals surface area contributed by atoms with Crippen molar-refractivity contribution in [3.63, 3.8) is 0 Å². The van der Waals surface area contributed by atoms with E-state index in [0.29, 0.717) is 0 Å². The van der Waals surface area contributed by atoms with Gasteiger partial charge in [-0.1, -0.05) is 0 Å². The summed E-state index contributed by atoms with van der Waals surface area (Å²) in [4.78, 5) is 31.1. The van der Waals surface area contributed by atoms with Crippen LogP contribution in [0, 0.1) is 5.82 Å². The van der Waals surface area contributed by atoms with Gasteiger partial charge < -0.3 is 14.6 Å². The van der Waals surface area contributed by atoms with Crippen LogP contribution in [0.15, 0.2) is 24.4 Å². The van der Waals surface area contributed by atoms with E-state index in [0.717, 1.165) is 6.07 Å². The lowest BCUT2D eigenvalue weighted by Gasteiger charge is -2.19. The topological polar surface area (TPSA) is 98.6 Å². The average Bonchev–Trinajstić information content (AvgIpc) is 2.53. The lowest BCUT2D eigenvalue weighted by molar-refractivity contribution is 0.00693. The molecule has 2 rings (SSSR count). The van der Waals surface area contributed by atoms with Gasteiger partial charge >= 0.3 is 11.9 Å². The summed E-state index contributed by atoms with van der Waals surface area (Å²) in [6.45, 7) is 5.14. The molecule has 0 aliphatic heterocycles. The highest BCUT2D eigenvalue weighted by Gasteiger charge is 2.21. The highest BCUT2D eigenvalue weighted by molar-refractivity contribution is 5.92. The predicted molar refractivity (Wildman–Crippen MR) is 86.1 cm³/mol. The molecule has 0 spiro atoms. The molecule has 0 saturated carbocycles. The van der Waals surface area contributed by atoms with Gasteiger partial charge in [0.15, 0.2) is 0 Å². The first-order valence-corrected chi connectivity index (χ1v) is 7.30. The minimum Gasteiger partial charge on any atom is -0.479 e. The smallest absolute Gasteiger partial charge is 0.360 e. The van der Waals surface area contributed by atoms with Crippen molar-refractivity contribution in [1.29, 1.82) is 0 Å². The standard InChI is InChI=1S/C17H17FN2O5/c1-17(2,3)25-16(23)9-5-6-11(18)10(7-9)12-8-19-14(24-4)13(20-12)15(21)22/h5-8H,1-4H3,(H,21,22). The Kier molecular flexibility index (Phi) is 5.01. The molecule has 0 aliphatic rings. The number of aromatic carboxylic acids is 1. The number of halogens is 1. The van der Waals surface area contributed by atoms with Gasteiger partial charge in [0.05, 0.1) is 24.6 Å². The van der Waals surface area contributed by atoms with Gasteiger partial charge in [0.1, 0.15) is 11.4 Å². The first-order chi connectivity index (χ1) is 11.6. The van der Waals surface area contributed by atoms with Gasteiger partial charge in [-0.25, -0.2) is 23.9 Å². The molecule has 1 heterocycles. The molecule has 1 N–H and O–H groups in total. The zero-order valence-corrected chi connectivity index (χ0v) is 14.2. The van der Waals surface area contributed by atoms with Crippen LogP contribution in [0.1, 0.15) is 41.6 Å². The molecule has 25 heavy (non-hydrogen) atoms. The van der Waals surface area contributed by atoms with Crippen molar-refractivity contribution in [2.24, 2.45) is 0 Å². The Balaban J connectivity index is 2.49. The minimum absolute atomic E-state index is 0.0406. The highest BCUT2D eigenvalue weighted by atomic mass is 19.1. The Morgan fingerprint density at radius 1 is 1.24 bits per heavy atom. The van der Waals surface area contributed by atoms with E-state index in [4.69, 9.17) is 14.6 Å². The molecule has 7 nitrogen and oxygen atoms in total. The van der Waals surface area contributed by atoms with Gasteiger partial charge in [-0.05, 0) is 39.0 Å². The van der Waals surface area contributed by atoms with Crippen molar-refractivity contribution in [1.82, 2.24) is 9.97 Å². The molecule has 0 atom stereocenters. The summed E-state index contributed by atoms with van der Waals surface area (Å²) < 4.78 is 24.2. The molecule has 0 fully saturated rings. The van der Waals surface area contributed by atoms with Crippen molar-refractivity contribution in [3.05, 3.63) is 41.5 Å². The fraction of sp³-hybridized carbons (Fsp3) is 0.294. The number of carbonyl (C=O) groups is 2. The van der Waals surface area contributed by atoms with Crippen LogP contribution in [0.5, 0.6) is 5.88 Å². The number of carbonyl (C=O) groups excluding carboxylic acids is 1. The molecule has 0 aliphatic carbocycles. The number of rotatable bonds is 4. The van der Waals surface area contributed by atoms with Crippen molar-refractivity contribution < 1.29 is 28.6 Å². The molecule has 0 radical (unpaired) electrons. The lowest BCUT2D eigenvalue weighted by atomic mass is 10.1. The largest absolute Gasteiger partial charge is 0.479 e. The molecular weight excluding hydrogens is 331 g/mol. The molecule has 0 saturated heterocycles. The van der Waals surface area contributed by atoms with Gasteiger partial charge in [0.2, 0.25) is 11.6 Å². The van der Waals surface area contributed by atoms with E-state index < -0.39 is 29.1 Å². The number of ether oxygens (including phenoxy) is 2. The number of nitrogens with zero attached hydrogens (tertiary/aromatic N) is 2. The van der Waals surface area contributed by atoms with Gasteiger partial charge in [0.25, 0.3) is 0 Å². The van der Waals surface area contributed by atoms with Crippen LogP contribution in [0.4, 0.5) is 4.39 Å². The average molecular weight is 348 g/mol. The molecule has 0 bridgehead atoms. The quantitative estimate of drug-likeness (QED) is 0.848. The van der Waals surface area contributed by atoms with Gasteiger partial charge in [-0.3, -0.25) is 0 Å². The summed E-state index contributed by atoms with van der Waals surface area (Å²) in [6, 6.07) is 3.61. The van der Waals surface area contributed by atoms with Crippen LogP contribution < -0.4 is 4.74 Å². The second-order valence-electron chi connectivity index (χ2n) is 6.11. The van der Waals surface area contributed by atoms with E-state index in [1.54, 1.807) is 20.8 Å². The third-order valence-electron chi connectivity index (χ3n) is 3.01. The Morgan fingerprint density at radius 2 is 1.92 bits per heavy atom. The molecule has 1 aromatic carbocycles. The molecule has 8 heteroatoms. The predicted octanol–water partition coefficient (Wildman–Crippen LogP) is 2.94. The Hall–Kier alpha value is -3.03. The number of hydrogen-bond acceptors (Lipinski definition) is 6. The van der Waals surface area contributed by atoms with Crippen LogP contribution >= 0.6 is 0 Å². The number of carboxylic acids is 1. The van der Waals surface area contributed by atoms with Crippen molar-refractivity contribution >= 4 is 11.9 Å². The third-order valence-corrected chi connectivity index (χ3v) is 3.01. The number of methoxy groups -OCH3 is 1. The molecule has 2 aromatic rings. The Bertz CT molecular complexity index is 830. The molecular formula is C17H17FN2O5. The number of esters is 1. The summed E-state index contributed by atoms with van der Waals surface area (Å²) in [6.07, 6.45) is 1.17. The van der Waals surface area contributed by atoms with Crippen LogP contribution in [0.25, 0.3) is 11.3 Å². The maximum absolute atomic E-state index is 14.2. The third kappa shape index (κ3) is 4.28. The van der Waals surface area contributed by atoms with E-state index in [2.05, 4.69) is 9.97 Å². The number of benzene rings is 1. The van der Waals surface area contributed by atoms with Crippen molar-refractivity contribution in [3.8, 4) is 17.1 Å². The van der Waals surface area contributed by atoms with E-state index in [1.165, 1.54) is 25.4 Å². The Morgan fingerprint density at radius 3 is 2.48 bits per heavy atom. The summed E-state index contributed by atoms with van der Waals surface area (Å²) >= 11 is 0. The summed E-state index contributed by atoms with van der Waals surface area (Å²) in [5, 5.41) is 9.16. The summed E-state index contributed by atoms with van der Waals surface area (Å²) in [5.41, 5.74) is -1.16. The summed E-state index contributed by atoms with van der Waals surface area (Å²) in [7, 11) is 1.25. The van der Waals surface area contributed by atoms with E-state index in [-0.39, 0.29) is 22.7 Å². The maximum Gasteiger partial charge on any atom is 0.360 e. The molecule has 132 valence electrons. The summed E-state index contributed by atoms with van der Waals surface area (Å²) in [5.74, 6) is -2.87. The Labute approximate surface area is 143 Å².